The molecule has 1 fully saturated rings. The fraction of sp³-hybridized carbons (Fsp3) is 0.600. The van der Waals surface area contributed by atoms with Crippen molar-refractivity contribution in [2.75, 3.05) is 0 Å². The molecule has 2 N–H and O–H groups in total. The Balaban J connectivity index is 1.93. The van der Waals surface area contributed by atoms with Crippen LogP contribution >= 0.6 is 0 Å². The van der Waals surface area contributed by atoms with Crippen molar-refractivity contribution in [1.82, 2.24) is 5.32 Å². The normalized spacial score (nSPS) is 20.4. The van der Waals surface area contributed by atoms with Crippen LogP contribution in [0.3, 0.4) is 0 Å². The fourth-order valence-electron chi connectivity index (χ4n) is 2.88. The highest BCUT2D eigenvalue weighted by atomic mass is 16.3. The summed E-state index contributed by atoms with van der Waals surface area (Å²) in [6.07, 6.45) is 5.50. The van der Waals surface area contributed by atoms with Gasteiger partial charge in [-0.05, 0) is 50.3 Å². The molecular formula is C15H23NO. The zero-order valence-electron chi connectivity index (χ0n) is 10.8. The molecule has 0 bridgehead atoms. The first-order valence-corrected chi connectivity index (χ1v) is 6.72. The zero-order valence-corrected chi connectivity index (χ0v) is 10.8. The van der Waals surface area contributed by atoms with E-state index < -0.39 is 0 Å². The van der Waals surface area contributed by atoms with E-state index in [-0.39, 0.29) is 0 Å². The lowest BCUT2D eigenvalue weighted by Gasteiger charge is -2.25. The van der Waals surface area contributed by atoms with Gasteiger partial charge in [-0.15, -0.1) is 0 Å². The van der Waals surface area contributed by atoms with E-state index in [1.54, 1.807) is 6.07 Å². The van der Waals surface area contributed by atoms with Gasteiger partial charge in [-0.1, -0.05) is 25.0 Å². The minimum Gasteiger partial charge on any atom is -0.508 e. The summed E-state index contributed by atoms with van der Waals surface area (Å²) in [7, 11) is 0. The Kier molecular flexibility index (Phi) is 4.06. The van der Waals surface area contributed by atoms with E-state index >= 15 is 0 Å². The molecule has 2 atom stereocenters. The average molecular weight is 233 g/mol. The summed E-state index contributed by atoms with van der Waals surface area (Å²) < 4.78 is 0. The van der Waals surface area contributed by atoms with Gasteiger partial charge in [-0.3, -0.25) is 0 Å². The van der Waals surface area contributed by atoms with Gasteiger partial charge in [0.25, 0.3) is 0 Å². The molecule has 0 radical (unpaired) electrons. The fourth-order valence-corrected chi connectivity index (χ4v) is 2.88. The quantitative estimate of drug-likeness (QED) is 0.832. The molecule has 0 saturated heterocycles. The topological polar surface area (TPSA) is 32.3 Å². The highest BCUT2D eigenvalue weighted by Crippen LogP contribution is 2.29. The second-order valence-electron chi connectivity index (χ2n) is 5.32. The molecule has 2 heteroatoms. The molecule has 2 rings (SSSR count). The van der Waals surface area contributed by atoms with Gasteiger partial charge < -0.3 is 10.4 Å². The number of phenolic OH excluding ortho intramolecular Hbond substituents is 1. The van der Waals surface area contributed by atoms with Crippen molar-refractivity contribution < 1.29 is 5.11 Å². The summed E-state index contributed by atoms with van der Waals surface area (Å²) in [5.41, 5.74) is 1.16. The van der Waals surface area contributed by atoms with Crippen molar-refractivity contribution in [3.05, 3.63) is 29.8 Å². The Labute approximate surface area is 104 Å². The lowest BCUT2D eigenvalue weighted by molar-refractivity contribution is 0.352. The van der Waals surface area contributed by atoms with Crippen LogP contribution in [0.4, 0.5) is 0 Å². The van der Waals surface area contributed by atoms with Gasteiger partial charge in [0.2, 0.25) is 0 Å². The molecule has 0 aromatic heterocycles. The molecule has 1 aromatic rings. The van der Waals surface area contributed by atoms with Crippen molar-refractivity contribution in [3.63, 3.8) is 0 Å². The first kappa shape index (κ1) is 12.4. The maximum absolute atomic E-state index is 9.48. The summed E-state index contributed by atoms with van der Waals surface area (Å²) >= 11 is 0. The molecule has 2 nitrogen and oxygen atoms in total. The standard InChI is InChI=1S/C15H23NO/c1-11(13-6-3-4-7-13)16-12(2)14-8-5-9-15(17)10-14/h5,8-13,16-17H,3-4,6-7H2,1-2H3. The smallest absolute Gasteiger partial charge is 0.115 e. The van der Waals surface area contributed by atoms with Crippen molar-refractivity contribution in [2.45, 2.75) is 51.6 Å². The first-order chi connectivity index (χ1) is 8.16. The third-order valence-corrected chi connectivity index (χ3v) is 3.99. The molecule has 0 heterocycles. The highest BCUT2D eigenvalue weighted by Gasteiger charge is 2.22. The van der Waals surface area contributed by atoms with Gasteiger partial charge in [0.15, 0.2) is 0 Å². The van der Waals surface area contributed by atoms with Crippen LogP contribution in [0.2, 0.25) is 0 Å². The van der Waals surface area contributed by atoms with Gasteiger partial charge >= 0.3 is 0 Å². The number of benzene rings is 1. The zero-order chi connectivity index (χ0) is 12.3. The lowest BCUT2D eigenvalue weighted by Crippen LogP contribution is -2.34. The van der Waals surface area contributed by atoms with Crippen LogP contribution < -0.4 is 5.32 Å². The Bertz CT molecular complexity index is 358. The Morgan fingerprint density at radius 1 is 1.24 bits per heavy atom. The third kappa shape index (κ3) is 3.22. The van der Waals surface area contributed by atoms with E-state index in [4.69, 9.17) is 0 Å². The third-order valence-electron chi connectivity index (χ3n) is 3.99. The van der Waals surface area contributed by atoms with Gasteiger partial charge in [-0.25, -0.2) is 0 Å². The van der Waals surface area contributed by atoms with Gasteiger partial charge in [0.1, 0.15) is 5.75 Å². The van der Waals surface area contributed by atoms with Crippen molar-refractivity contribution in [3.8, 4) is 5.75 Å². The number of aromatic hydroxyl groups is 1. The van der Waals surface area contributed by atoms with E-state index in [1.807, 2.05) is 12.1 Å². The second-order valence-corrected chi connectivity index (χ2v) is 5.32. The van der Waals surface area contributed by atoms with E-state index in [1.165, 1.54) is 25.7 Å². The van der Waals surface area contributed by atoms with Crippen LogP contribution in [0.15, 0.2) is 24.3 Å². The molecule has 1 aliphatic carbocycles. The number of nitrogens with one attached hydrogen (secondary N) is 1. The lowest BCUT2D eigenvalue weighted by atomic mass is 9.98. The Hall–Kier alpha value is -1.02. The predicted molar refractivity (Wildman–Crippen MR) is 71.1 cm³/mol. The van der Waals surface area contributed by atoms with Crippen LogP contribution in [-0.4, -0.2) is 11.1 Å². The summed E-state index contributed by atoms with van der Waals surface area (Å²) in [6, 6.07) is 8.41. The molecule has 0 amide bonds. The van der Waals surface area contributed by atoms with Gasteiger partial charge in [0, 0.05) is 12.1 Å². The minimum atomic E-state index is 0.303. The monoisotopic (exact) mass is 233 g/mol. The largest absolute Gasteiger partial charge is 0.508 e. The summed E-state index contributed by atoms with van der Waals surface area (Å²) in [4.78, 5) is 0. The maximum atomic E-state index is 9.48. The maximum Gasteiger partial charge on any atom is 0.115 e. The summed E-state index contributed by atoms with van der Waals surface area (Å²) in [6.45, 7) is 4.45. The molecule has 0 aliphatic heterocycles. The second kappa shape index (κ2) is 5.54. The minimum absolute atomic E-state index is 0.303. The van der Waals surface area contributed by atoms with Crippen LogP contribution in [0, 0.1) is 5.92 Å². The van der Waals surface area contributed by atoms with Crippen LogP contribution in [0.1, 0.15) is 51.1 Å². The van der Waals surface area contributed by atoms with E-state index in [0.29, 0.717) is 17.8 Å². The summed E-state index contributed by atoms with van der Waals surface area (Å²) in [5.74, 6) is 1.18. The van der Waals surface area contributed by atoms with Crippen molar-refractivity contribution >= 4 is 0 Å². The van der Waals surface area contributed by atoms with Crippen molar-refractivity contribution in [2.24, 2.45) is 5.92 Å². The van der Waals surface area contributed by atoms with Crippen molar-refractivity contribution in [1.29, 1.82) is 0 Å². The average Bonchev–Trinajstić information content (AvgIpc) is 2.82. The summed E-state index contributed by atoms with van der Waals surface area (Å²) in [5, 5.41) is 13.1. The predicted octanol–water partition coefficient (Wildman–Crippen LogP) is 3.62. The van der Waals surface area contributed by atoms with E-state index in [9.17, 15) is 5.11 Å². The highest BCUT2D eigenvalue weighted by molar-refractivity contribution is 5.29. The molecule has 1 aromatic carbocycles. The Morgan fingerprint density at radius 3 is 2.59 bits per heavy atom. The number of hydrogen-bond donors (Lipinski definition) is 2. The SMILES string of the molecule is CC(NC(C)C1CCCC1)c1cccc(O)c1. The number of phenols is 1. The van der Waals surface area contributed by atoms with Gasteiger partial charge in [-0.2, -0.15) is 0 Å². The van der Waals surface area contributed by atoms with E-state index in [0.717, 1.165) is 11.5 Å². The Morgan fingerprint density at radius 2 is 1.94 bits per heavy atom. The molecule has 1 saturated carbocycles. The van der Waals surface area contributed by atoms with Crippen LogP contribution in [-0.2, 0) is 0 Å². The molecule has 1 aliphatic rings. The van der Waals surface area contributed by atoms with Crippen LogP contribution in [0.5, 0.6) is 5.75 Å². The first-order valence-electron chi connectivity index (χ1n) is 6.72. The molecular weight excluding hydrogens is 210 g/mol. The van der Waals surface area contributed by atoms with Crippen LogP contribution in [0.25, 0.3) is 0 Å². The van der Waals surface area contributed by atoms with Gasteiger partial charge in [0.05, 0.1) is 0 Å². The molecule has 0 spiro atoms. The number of rotatable bonds is 4. The molecule has 17 heavy (non-hydrogen) atoms. The number of hydrogen-bond acceptors (Lipinski definition) is 2. The van der Waals surface area contributed by atoms with E-state index in [2.05, 4.69) is 25.2 Å². The molecule has 2 unspecified atom stereocenters. The molecule has 94 valence electrons.